The maximum atomic E-state index is 12.7. The van der Waals surface area contributed by atoms with Gasteiger partial charge in [-0.1, -0.05) is 18.2 Å². The van der Waals surface area contributed by atoms with Gasteiger partial charge in [0, 0.05) is 37.0 Å². The first-order valence-corrected chi connectivity index (χ1v) is 8.91. The molecule has 2 aromatic carbocycles. The number of fused-ring (bicyclic) bond motifs is 1. The summed E-state index contributed by atoms with van der Waals surface area (Å²) in [5.74, 6) is 0. The molecule has 0 aliphatic rings. The van der Waals surface area contributed by atoms with Crippen LogP contribution in [0.2, 0.25) is 0 Å². The van der Waals surface area contributed by atoms with Crippen LogP contribution in [0.15, 0.2) is 54.7 Å². The number of nitrogens with one attached hydrogen (secondary N) is 2. The molecule has 0 radical (unpaired) electrons. The first-order valence-electron chi connectivity index (χ1n) is 8.91. The maximum absolute atomic E-state index is 12.7. The van der Waals surface area contributed by atoms with Crippen molar-refractivity contribution in [1.82, 2.24) is 14.8 Å². The van der Waals surface area contributed by atoms with E-state index in [0.717, 1.165) is 28.7 Å². The van der Waals surface area contributed by atoms with E-state index in [4.69, 9.17) is 0 Å². The molecule has 0 fully saturated rings. The molecule has 1 heterocycles. The Kier molecular flexibility index (Phi) is 5.58. The Morgan fingerprint density at radius 1 is 1.04 bits per heavy atom. The topological polar surface area (TPSA) is 51.4 Å². The molecule has 2 amide bonds. The lowest BCUT2D eigenvalue weighted by Crippen LogP contribution is -2.34. The number of carbonyl (C=O) groups is 1. The lowest BCUT2D eigenvalue weighted by molar-refractivity contribution is 0.212. The molecule has 0 saturated carbocycles. The Balaban J connectivity index is 1.68. The fourth-order valence-corrected chi connectivity index (χ4v) is 3.06. The fourth-order valence-electron chi connectivity index (χ4n) is 3.06. The van der Waals surface area contributed by atoms with Crippen LogP contribution in [0.3, 0.4) is 0 Å². The van der Waals surface area contributed by atoms with Crippen molar-refractivity contribution in [2.24, 2.45) is 0 Å². The van der Waals surface area contributed by atoms with Crippen LogP contribution in [0.4, 0.5) is 10.5 Å². The fraction of sp³-hybridized carbons (Fsp3) is 0.286. The van der Waals surface area contributed by atoms with Gasteiger partial charge in [-0.25, -0.2) is 4.79 Å². The van der Waals surface area contributed by atoms with Crippen LogP contribution in [0.5, 0.6) is 0 Å². The quantitative estimate of drug-likeness (QED) is 0.697. The Morgan fingerprint density at radius 2 is 1.85 bits per heavy atom. The summed E-state index contributed by atoms with van der Waals surface area (Å²) < 4.78 is 0. The van der Waals surface area contributed by atoms with Gasteiger partial charge in [0.15, 0.2) is 0 Å². The van der Waals surface area contributed by atoms with Gasteiger partial charge in [0.25, 0.3) is 0 Å². The molecule has 0 aliphatic heterocycles. The molecule has 0 aliphatic carbocycles. The van der Waals surface area contributed by atoms with Crippen molar-refractivity contribution >= 4 is 22.6 Å². The number of carbonyl (C=O) groups excluding carboxylic acids is 1. The minimum atomic E-state index is -0.0799. The molecular formula is C21H26N4O. The second-order valence-electron chi connectivity index (χ2n) is 6.78. The third-order valence-electron chi connectivity index (χ3n) is 4.34. The molecule has 1 aromatic heterocycles. The Bertz CT molecular complexity index is 884. The largest absolute Gasteiger partial charge is 0.361 e. The highest BCUT2D eigenvalue weighted by Gasteiger charge is 2.13. The zero-order valence-electron chi connectivity index (χ0n) is 15.6. The molecule has 3 aromatic rings. The van der Waals surface area contributed by atoms with E-state index in [0.29, 0.717) is 13.1 Å². The van der Waals surface area contributed by atoms with Crippen molar-refractivity contribution in [3.05, 3.63) is 65.9 Å². The van der Waals surface area contributed by atoms with Crippen LogP contribution in [-0.4, -0.2) is 41.5 Å². The minimum Gasteiger partial charge on any atom is -0.361 e. The normalized spacial score (nSPS) is 11.1. The van der Waals surface area contributed by atoms with Gasteiger partial charge >= 0.3 is 6.03 Å². The van der Waals surface area contributed by atoms with Gasteiger partial charge < -0.3 is 20.1 Å². The standard InChI is InChI=1S/C21H26N4O/c1-4-25(15-17-8-9-20-18(12-17)10-11-22-20)21(26)23-19-7-5-6-16(13-19)14-24(2)3/h5-13,22H,4,14-15H2,1-3H3,(H,23,26). The van der Waals surface area contributed by atoms with Crippen LogP contribution < -0.4 is 5.32 Å². The van der Waals surface area contributed by atoms with Gasteiger partial charge in [0.2, 0.25) is 0 Å². The number of hydrogen-bond acceptors (Lipinski definition) is 2. The Hall–Kier alpha value is -2.79. The highest BCUT2D eigenvalue weighted by Crippen LogP contribution is 2.17. The predicted octanol–water partition coefficient (Wildman–Crippen LogP) is 4.28. The summed E-state index contributed by atoms with van der Waals surface area (Å²) >= 11 is 0. The average Bonchev–Trinajstić information content (AvgIpc) is 3.07. The molecule has 0 atom stereocenters. The molecular weight excluding hydrogens is 324 g/mol. The van der Waals surface area contributed by atoms with E-state index >= 15 is 0 Å². The third kappa shape index (κ3) is 4.43. The van der Waals surface area contributed by atoms with Crippen LogP contribution in [0.25, 0.3) is 10.9 Å². The number of anilines is 1. The number of amides is 2. The van der Waals surface area contributed by atoms with Crippen molar-refractivity contribution in [2.75, 3.05) is 26.0 Å². The summed E-state index contributed by atoms with van der Waals surface area (Å²) in [7, 11) is 4.07. The summed E-state index contributed by atoms with van der Waals surface area (Å²) in [6, 6.07) is 16.2. The second-order valence-corrected chi connectivity index (χ2v) is 6.78. The zero-order valence-corrected chi connectivity index (χ0v) is 15.6. The number of hydrogen-bond donors (Lipinski definition) is 2. The molecule has 0 saturated heterocycles. The van der Waals surface area contributed by atoms with E-state index in [1.807, 2.05) is 56.4 Å². The molecule has 5 nitrogen and oxygen atoms in total. The molecule has 0 bridgehead atoms. The third-order valence-corrected chi connectivity index (χ3v) is 4.34. The number of H-pyrrole nitrogens is 1. The van der Waals surface area contributed by atoms with E-state index in [1.54, 1.807) is 0 Å². The summed E-state index contributed by atoms with van der Waals surface area (Å²) in [5.41, 5.74) is 4.23. The monoisotopic (exact) mass is 350 g/mol. The summed E-state index contributed by atoms with van der Waals surface area (Å²) in [4.78, 5) is 19.8. The van der Waals surface area contributed by atoms with Gasteiger partial charge in [0.1, 0.15) is 0 Å². The average molecular weight is 350 g/mol. The van der Waals surface area contributed by atoms with Gasteiger partial charge in [0.05, 0.1) is 0 Å². The minimum absolute atomic E-state index is 0.0799. The van der Waals surface area contributed by atoms with Gasteiger partial charge in [-0.15, -0.1) is 0 Å². The second kappa shape index (κ2) is 8.06. The van der Waals surface area contributed by atoms with Crippen molar-refractivity contribution in [1.29, 1.82) is 0 Å². The number of rotatable bonds is 6. The van der Waals surface area contributed by atoms with Crippen molar-refractivity contribution in [2.45, 2.75) is 20.0 Å². The van der Waals surface area contributed by atoms with Crippen molar-refractivity contribution in [3.63, 3.8) is 0 Å². The van der Waals surface area contributed by atoms with Gasteiger partial charge in [-0.2, -0.15) is 0 Å². The Morgan fingerprint density at radius 3 is 2.62 bits per heavy atom. The summed E-state index contributed by atoms with van der Waals surface area (Å²) in [5, 5.41) is 4.18. The van der Waals surface area contributed by atoms with Crippen LogP contribution in [-0.2, 0) is 13.1 Å². The molecule has 0 spiro atoms. The number of aromatic nitrogens is 1. The number of nitrogens with zero attached hydrogens (tertiary/aromatic N) is 2. The number of urea groups is 1. The van der Waals surface area contributed by atoms with E-state index in [1.165, 1.54) is 5.56 Å². The van der Waals surface area contributed by atoms with E-state index in [9.17, 15) is 4.79 Å². The van der Waals surface area contributed by atoms with Crippen LogP contribution in [0.1, 0.15) is 18.1 Å². The van der Waals surface area contributed by atoms with Crippen LogP contribution in [0, 0.1) is 0 Å². The van der Waals surface area contributed by atoms with E-state index in [-0.39, 0.29) is 6.03 Å². The molecule has 0 unspecified atom stereocenters. The number of benzene rings is 2. The first kappa shape index (κ1) is 18.0. The Labute approximate surface area is 154 Å². The lowest BCUT2D eigenvalue weighted by Gasteiger charge is -2.22. The van der Waals surface area contributed by atoms with E-state index < -0.39 is 0 Å². The summed E-state index contributed by atoms with van der Waals surface area (Å²) in [6.07, 6.45) is 1.93. The summed E-state index contributed by atoms with van der Waals surface area (Å²) in [6.45, 7) is 4.07. The SMILES string of the molecule is CCN(Cc1ccc2[nH]ccc2c1)C(=O)Nc1cccc(CN(C)C)c1. The lowest BCUT2D eigenvalue weighted by atomic mass is 10.1. The van der Waals surface area contributed by atoms with Crippen molar-refractivity contribution in [3.8, 4) is 0 Å². The maximum Gasteiger partial charge on any atom is 0.322 e. The molecule has 2 N–H and O–H groups in total. The highest BCUT2D eigenvalue weighted by molar-refractivity contribution is 5.89. The van der Waals surface area contributed by atoms with Crippen LogP contribution >= 0.6 is 0 Å². The van der Waals surface area contributed by atoms with Crippen molar-refractivity contribution < 1.29 is 4.79 Å². The highest BCUT2D eigenvalue weighted by atomic mass is 16.2. The first-order chi connectivity index (χ1) is 12.5. The van der Waals surface area contributed by atoms with E-state index in [2.05, 4.69) is 39.5 Å². The molecule has 26 heavy (non-hydrogen) atoms. The van der Waals surface area contributed by atoms with Gasteiger partial charge in [-0.05, 0) is 67.9 Å². The molecule has 3 rings (SSSR count). The smallest absolute Gasteiger partial charge is 0.322 e. The zero-order chi connectivity index (χ0) is 18.5. The number of aromatic amines is 1. The predicted molar refractivity (Wildman–Crippen MR) is 107 cm³/mol. The molecule has 136 valence electrons. The molecule has 5 heteroatoms. The van der Waals surface area contributed by atoms with Gasteiger partial charge in [-0.3, -0.25) is 0 Å².